The number of aldehydes is 1. The lowest BCUT2D eigenvalue weighted by atomic mass is 9.66. The van der Waals surface area contributed by atoms with Gasteiger partial charge in [-0.05, 0) is 55.2 Å². The van der Waals surface area contributed by atoms with E-state index in [0.717, 1.165) is 11.8 Å². The highest BCUT2D eigenvalue weighted by atomic mass is 35.5. The average molecular weight is 587 g/mol. The third-order valence-corrected chi connectivity index (χ3v) is 7.79. The van der Waals surface area contributed by atoms with Crippen molar-refractivity contribution in [2.75, 3.05) is 38.1 Å². The summed E-state index contributed by atoms with van der Waals surface area (Å²) in [6, 6.07) is 12.2. The topological polar surface area (TPSA) is 137 Å². The van der Waals surface area contributed by atoms with Gasteiger partial charge < -0.3 is 35.5 Å². The Morgan fingerprint density at radius 1 is 1.17 bits per heavy atom. The van der Waals surface area contributed by atoms with Crippen molar-refractivity contribution in [2.45, 2.75) is 45.8 Å². The van der Waals surface area contributed by atoms with Crippen LogP contribution in [0.25, 0.3) is 0 Å². The summed E-state index contributed by atoms with van der Waals surface area (Å²) in [7, 11) is 0. The molecule has 3 amide bonds. The van der Waals surface area contributed by atoms with Crippen LogP contribution in [0.5, 0.6) is 0 Å². The molecule has 0 aromatic heterocycles. The van der Waals surface area contributed by atoms with Crippen LogP contribution in [-0.4, -0.2) is 73.0 Å². The number of carbonyl (C=O) groups is 4. The molecule has 1 heterocycles. The summed E-state index contributed by atoms with van der Waals surface area (Å²) in [4.78, 5) is 50.7. The van der Waals surface area contributed by atoms with Gasteiger partial charge >= 0.3 is 12.0 Å². The first-order valence-electron chi connectivity index (χ1n) is 13.7. The largest absolute Gasteiger partial charge is 0.465 e. The number of nitrogens with one attached hydrogen (secondary N) is 3. The van der Waals surface area contributed by atoms with Crippen molar-refractivity contribution in [3.63, 3.8) is 0 Å². The fraction of sp³-hybridized carbons (Fsp3) is 0.467. The minimum Gasteiger partial charge on any atom is -0.465 e. The van der Waals surface area contributed by atoms with Gasteiger partial charge in [0.25, 0.3) is 5.91 Å². The van der Waals surface area contributed by atoms with Gasteiger partial charge in [-0.3, -0.25) is 9.59 Å². The predicted octanol–water partition coefficient (Wildman–Crippen LogP) is 3.58. The van der Waals surface area contributed by atoms with Crippen LogP contribution in [0.3, 0.4) is 0 Å². The highest BCUT2D eigenvalue weighted by Crippen LogP contribution is 2.46. The van der Waals surface area contributed by atoms with Crippen LogP contribution in [0, 0.1) is 11.3 Å². The van der Waals surface area contributed by atoms with Crippen LogP contribution in [0.15, 0.2) is 48.5 Å². The van der Waals surface area contributed by atoms with Crippen molar-refractivity contribution < 1.29 is 29.0 Å². The molecule has 0 bridgehead atoms. The summed E-state index contributed by atoms with van der Waals surface area (Å²) in [5.41, 5.74) is -0.0669. The molecular formula is C30H39ClN4O6. The van der Waals surface area contributed by atoms with Crippen molar-refractivity contribution in [1.29, 1.82) is 0 Å². The van der Waals surface area contributed by atoms with E-state index in [1.807, 2.05) is 32.9 Å². The highest BCUT2D eigenvalue weighted by Gasteiger charge is 2.48. The van der Waals surface area contributed by atoms with Crippen LogP contribution >= 0.6 is 11.6 Å². The molecule has 0 aliphatic carbocycles. The van der Waals surface area contributed by atoms with Crippen molar-refractivity contribution in [3.8, 4) is 0 Å². The molecule has 3 rings (SSSR count). The van der Waals surface area contributed by atoms with E-state index in [4.69, 9.17) is 16.3 Å². The summed E-state index contributed by atoms with van der Waals surface area (Å²) in [5, 5.41) is 20.0. The predicted molar refractivity (Wildman–Crippen MR) is 157 cm³/mol. The van der Waals surface area contributed by atoms with Gasteiger partial charge in [0, 0.05) is 41.3 Å². The molecule has 1 aliphatic heterocycles. The minimum absolute atomic E-state index is 0.205. The molecule has 1 fully saturated rings. The van der Waals surface area contributed by atoms with Crippen molar-refractivity contribution >= 4 is 41.5 Å². The van der Waals surface area contributed by atoms with Gasteiger partial charge in [0.05, 0.1) is 18.2 Å². The molecule has 222 valence electrons. The maximum absolute atomic E-state index is 13.0. The first-order valence-corrected chi connectivity index (χ1v) is 14.0. The molecule has 2 aromatic rings. The lowest BCUT2D eigenvalue weighted by Gasteiger charge is -2.51. The van der Waals surface area contributed by atoms with Crippen LogP contribution in [0.4, 0.5) is 10.5 Å². The number of amides is 3. The Balaban J connectivity index is 1.57. The number of hydrogen-bond donors (Lipinski definition) is 4. The zero-order chi connectivity index (χ0) is 30.2. The maximum Gasteiger partial charge on any atom is 0.325 e. The van der Waals surface area contributed by atoms with Crippen LogP contribution in [-0.2, 0) is 19.9 Å². The number of halogens is 1. The Kier molecular flexibility index (Phi) is 10.9. The van der Waals surface area contributed by atoms with E-state index < -0.39 is 35.0 Å². The van der Waals surface area contributed by atoms with E-state index in [9.17, 15) is 24.3 Å². The average Bonchev–Trinajstić information content (AvgIpc) is 2.93. The molecule has 0 saturated carbocycles. The summed E-state index contributed by atoms with van der Waals surface area (Å²) >= 11 is 6.04. The second-order valence-corrected chi connectivity index (χ2v) is 11.5. The Morgan fingerprint density at radius 3 is 2.51 bits per heavy atom. The molecule has 3 atom stereocenters. The standard InChI is InChI=1S/C30H39ClN4O6/c1-5-41-26(37)16-32-28(39)33-24-8-6-7-21(15-24)27(38)34-25(18-36)20(2)17-35-14-13-30(40,29(3,4)19-35)22-9-11-23(31)12-10-22/h6-12,15,18,20,25,40H,5,13-14,16-17,19H2,1-4H3,(H,34,38)(H2,32,33,39)/t20-,25?,30-/m0/s1. The van der Waals surface area contributed by atoms with E-state index in [1.165, 1.54) is 6.07 Å². The van der Waals surface area contributed by atoms with Gasteiger partial charge in [-0.25, -0.2) is 4.79 Å². The number of rotatable bonds is 11. The monoisotopic (exact) mass is 586 g/mol. The smallest absolute Gasteiger partial charge is 0.325 e. The van der Waals surface area contributed by atoms with Crippen molar-refractivity contribution in [2.24, 2.45) is 11.3 Å². The molecule has 11 heteroatoms. The van der Waals surface area contributed by atoms with E-state index in [-0.39, 0.29) is 24.6 Å². The third kappa shape index (κ3) is 8.28. The van der Waals surface area contributed by atoms with Crippen LogP contribution in [0.2, 0.25) is 5.02 Å². The molecule has 0 radical (unpaired) electrons. The number of aliphatic hydroxyl groups is 1. The highest BCUT2D eigenvalue weighted by molar-refractivity contribution is 6.30. The number of piperidine rings is 1. The Hall–Kier alpha value is -3.47. The summed E-state index contributed by atoms with van der Waals surface area (Å²) < 4.78 is 4.77. The number of likely N-dealkylation sites (tertiary alicyclic amines) is 1. The number of nitrogens with zero attached hydrogens (tertiary/aromatic N) is 1. The lowest BCUT2D eigenvalue weighted by Crippen LogP contribution is -2.57. The molecular weight excluding hydrogens is 548 g/mol. The Labute approximate surface area is 245 Å². The van der Waals surface area contributed by atoms with Gasteiger partial charge in [0.1, 0.15) is 12.8 Å². The SMILES string of the molecule is CCOC(=O)CNC(=O)Nc1cccc(C(=O)NC(C=O)[C@@H](C)CN2CC[C@](O)(c3ccc(Cl)cc3)C(C)(C)C2)c1. The number of carbonyl (C=O) groups excluding carboxylic acids is 4. The first-order chi connectivity index (χ1) is 19.4. The second-order valence-electron chi connectivity index (χ2n) is 11.0. The zero-order valence-corrected chi connectivity index (χ0v) is 24.7. The van der Waals surface area contributed by atoms with E-state index in [1.54, 1.807) is 37.3 Å². The molecule has 4 N–H and O–H groups in total. The number of benzene rings is 2. The second kappa shape index (κ2) is 13.9. The van der Waals surface area contributed by atoms with Crippen LogP contribution < -0.4 is 16.0 Å². The third-order valence-electron chi connectivity index (χ3n) is 7.53. The minimum atomic E-state index is -1.02. The van der Waals surface area contributed by atoms with Gasteiger partial charge in [-0.15, -0.1) is 0 Å². The fourth-order valence-corrected chi connectivity index (χ4v) is 5.31. The van der Waals surface area contributed by atoms with Gasteiger partial charge in [0.2, 0.25) is 0 Å². The number of esters is 1. The number of anilines is 1. The Bertz CT molecular complexity index is 1240. The normalized spacial score (nSPS) is 19.9. The van der Waals surface area contributed by atoms with Gasteiger partial charge in [0.15, 0.2) is 0 Å². The Morgan fingerprint density at radius 2 is 1.88 bits per heavy atom. The lowest BCUT2D eigenvalue weighted by molar-refractivity contribution is -0.141. The quantitative estimate of drug-likeness (QED) is 0.233. The molecule has 2 aromatic carbocycles. The van der Waals surface area contributed by atoms with E-state index in [2.05, 4.69) is 20.9 Å². The summed E-state index contributed by atoms with van der Waals surface area (Å²) in [5.74, 6) is -1.22. The molecule has 41 heavy (non-hydrogen) atoms. The zero-order valence-electron chi connectivity index (χ0n) is 23.9. The molecule has 1 unspecified atom stereocenters. The molecule has 0 spiro atoms. The van der Waals surface area contributed by atoms with Crippen LogP contribution in [0.1, 0.15) is 50.0 Å². The fourth-order valence-electron chi connectivity index (χ4n) is 5.19. The van der Waals surface area contributed by atoms with E-state index >= 15 is 0 Å². The molecule has 10 nitrogen and oxygen atoms in total. The summed E-state index contributed by atoms with van der Waals surface area (Å²) in [6.45, 7) is 9.31. The van der Waals surface area contributed by atoms with Gasteiger partial charge in [-0.2, -0.15) is 0 Å². The summed E-state index contributed by atoms with van der Waals surface area (Å²) in [6.07, 6.45) is 1.24. The number of urea groups is 1. The van der Waals surface area contributed by atoms with Gasteiger partial charge in [-0.1, -0.05) is 50.6 Å². The number of hydrogen-bond acceptors (Lipinski definition) is 7. The van der Waals surface area contributed by atoms with Crippen molar-refractivity contribution in [3.05, 3.63) is 64.7 Å². The number of ether oxygens (including phenoxy) is 1. The first kappa shape index (κ1) is 32.0. The van der Waals surface area contributed by atoms with E-state index in [0.29, 0.717) is 36.8 Å². The van der Waals surface area contributed by atoms with Crippen molar-refractivity contribution in [1.82, 2.24) is 15.5 Å². The maximum atomic E-state index is 13.0. The molecule has 1 aliphatic rings. The molecule has 1 saturated heterocycles.